The van der Waals surface area contributed by atoms with E-state index >= 15 is 0 Å². The first kappa shape index (κ1) is 19.8. The van der Waals surface area contributed by atoms with Gasteiger partial charge in [-0.15, -0.1) is 0 Å². The van der Waals surface area contributed by atoms with Gasteiger partial charge in [-0.2, -0.15) is 5.10 Å². The summed E-state index contributed by atoms with van der Waals surface area (Å²) < 4.78 is 5.06. The van der Waals surface area contributed by atoms with E-state index in [2.05, 4.69) is 15.8 Å². The Labute approximate surface area is 161 Å². The maximum Gasteiger partial charge on any atom is 0.251 e. The first-order chi connectivity index (χ1) is 12.5. The van der Waals surface area contributed by atoms with Gasteiger partial charge >= 0.3 is 0 Å². The number of nitrogens with one attached hydrogen (secondary N) is 2. The molecular weight excluding hydrogens is 377 g/mol. The molecule has 0 saturated heterocycles. The van der Waals surface area contributed by atoms with Crippen molar-refractivity contribution in [1.82, 2.24) is 10.7 Å². The van der Waals surface area contributed by atoms with Gasteiger partial charge in [-0.1, -0.05) is 23.2 Å². The maximum absolute atomic E-state index is 12.0. The second-order valence-electron chi connectivity index (χ2n) is 5.20. The Hall–Kier alpha value is -2.57. The lowest BCUT2D eigenvalue weighted by atomic mass is 10.2. The lowest BCUT2D eigenvalue weighted by molar-refractivity contribution is -0.120. The molecule has 0 unspecified atom stereocenters. The van der Waals surface area contributed by atoms with Gasteiger partial charge in [0.1, 0.15) is 5.75 Å². The third kappa shape index (κ3) is 6.06. The number of amides is 2. The summed E-state index contributed by atoms with van der Waals surface area (Å²) in [7, 11) is 1.59. The third-order valence-electron chi connectivity index (χ3n) is 3.34. The molecule has 2 amide bonds. The Morgan fingerprint density at radius 3 is 2.50 bits per heavy atom. The molecular formula is C18H17Cl2N3O3. The van der Waals surface area contributed by atoms with E-state index in [1.165, 1.54) is 12.3 Å². The molecule has 2 N–H and O–H groups in total. The van der Waals surface area contributed by atoms with Crippen LogP contribution in [0.15, 0.2) is 47.6 Å². The summed E-state index contributed by atoms with van der Waals surface area (Å²) in [5.41, 5.74) is 3.59. The molecule has 6 nitrogen and oxygen atoms in total. The molecule has 0 aliphatic carbocycles. The summed E-state index contributed by atoms with van der Waals surface area (Å²) in [5, 5.41) is 7.16. The molecule has 136 valence electrons. The minimum Gasteiger partial charge on any atom is -0.497 e. The smallest absolute Gasteiger partial charge is 0.251 e. The number of carbonyl (C=O) groups is 2. The number of hydrogen-bond donors (Lipinski definition) is 2. The molecule has 26 heavy (non-hydrogen) atoms. The van der Waals surface area contributed by atoms with Crippen molar-refractivity contribution < 1.29 is 14.3 Å². The van der Waals surface area contributed by atoms with Crippen LogP contribution in [0.5, 0.6) is 5.75 Å². The van der Waals surface area contributed by atoms with Crippen molar-refractivity contribution in [2.24, 2.45) is 5.10 Å². The van der Waals surface area contributed by atoms with E-state index in [1.54, 1.807) is 31.4 Å². The van der Waals surface area contributed by atoms with Crippen LogP contribution in [0.1, 0.15) is 22.3 Å². The highest BCUT2D eigenvalue weighted by molar-refractivity contribution is 6.42. The fourth-order valence-corrected chi connectivity index (χ4v) is 2.25. The van der Waals surface area contributed by atoms with Crippen LogP contribution in [0.2, 0.25) is 10.0 Å². The van der Waals surface area contributed by atoms with Crippen LogP contribution in [0.3, 0.4) is 0 Å². The normalized spacial score (nSPS) is 10.6. The van der Waals surface area contributed by atoms with Gasteiger partial charge in [-0.05, 0) is 48.0 Å². The molecule has 2 aromatic carbocycles. The van der Waals surface area contributed by atoms with Crippen molar-refractivity contribution in [1.29, 1.82) is 0 Å². The summed E-state index contributed by atoms with van der Waals surface area (Å²) in [6, 6.07) is 11.8. The number of nitrogens with zero attached hydrogens (tertiary/aromatic N) is 1. The van der Waals surface area contributed by atoms with Crippen LogP contribution in [-0.2, 0) is 4.79 Å². The van der Waals surface area contributed by atoms with E-state index in [9.17, 15) is 9.59 Å². The van der Waals surface area contributed by atoms with Gasteiger partial charge < -0.3 is 10.1 Å². The Bertz CT molecular complexity index is 808. The molecule has 0 radical (unpaired) electrons. The van der Waals surface area contributed by atoms with Crippen LogP contribution < -0.4 is 15.5 Å². The highest BCUT2D eigenvalue weighted by Gasteiger charge is 2.08. The molecule has 0 aliphatic heterocycles. The summed E-state index contributed by atoms with van der Waals surface area (Å²) in [6.07, 6.45) is 1.61. The van der Waals surface area contributed by atoms with Crippen LogP contribution >= 0.6 is 23.2 Å². The predicted octanol–water partition coefficient (Wildman–Crippen LogP) is 3.27. The molecule has 0 aromatic heterocycles. The van der Waals surface area contributed by atoms with Crippen molar-refractivity contribution in [3.63, 3.8) is 0 Å². The Morgan fingerprint density at radius 2 is 1.85 bits per heavy atom. The Morgan fingerprint density at radius 1 is 1.12 bits per heavy atom. The molecule has 0 heterocycles. The average Bonchev–Trinajstić information content (AvgIpc) is 2.64. The molecule has 0 atom stereocenters. The highest BCUT2D eigenvalue weighted by Crippen LogP contribution is 2.22. The fraction of sp³-hybridized carbons (Fsp3) is 0.167. The number of methoxy groups -OCH3 is 1. The summed E-state index contributed by atoms with van der Waals surface area (Å²) >= 11 is 11.7. The van der Waals surface area contributed by atoms with Crippen LogP contribution in [-0.4, -0.2) is 31.7 Å². The minimum atomic E-state index is -0.335. The number of ether oxygens (including phenoxy) is 1. The number of carbonyl (C=O) groups excluding carboxylic acids is 2. The van der Waals surface area contributed by atoms with Crippen molar-refractivity contribution >= 4 is 41.2 Å². The van der Waals surface area contributed by atoms with Gasteiger partial charge in [0.15, 0.2) is 0 Å². The van der Waals surface area contributed by atoms with Gasteiger partial charge in [0.25, 0.3) is 5.91 Å². The number of rotatable bonds is 7. The van der Waals surface area contributed by atoms with Gasteiger partial charge in [0, 0.05) is 18.5 Å². The molecule has 0 bridgehead atoms. The second-order valence-corrected chi connectivity index (χ2v) is 6.02. The first-order valence-electron chi connectivity index (χ1n) is 7.69. The van der Waals surface area contributed by atoms with Crippen molar-refractivity contribution in [3.8, 4) is 5.75 Å². The molecule has 0 fully saturated rings. The SMILES string of the molecule is COc1ccc(C=NNC(=O)CCNC(=O)c2ccc(Cl)c(Cl)c2)cc1. The molecule has 0 saturated carbocycles. The number of hydrazone groups is 1. The average molecular weight is 394 g/mol. The number of halogens is 2. The van der Waals surface area contributed by atoms with Gasteiger partial charge in [0.05, 0.1) is 23.4 Å². The zero-order chi connectivity index (χ0) is 18.9. The van der Waals surface area contributed by atoms with E-state index < -0.39 is 0 Å². The number of hydrogen-bond acceptors (Lipinski definition) is 4. The van der Waals surface area contributed by atoms with Crippen LogP contribution in [0, 0.1) is 0 Å². The lowest BCUT2D eigenvalue weighted by Crippen LogP contribution is -2.29. The maximum atomic E-state index is 12.0. The topological polar surface area (TPSA) is 79.8 Å². The molecule has 0 spiro atoms. The fourth-order valence-electron chi connectivity index (χ4n) is 1.95. The van der Waals surface area contributed by atoms with Gasteiger partial charge in [-0.3, -0.25) is 9.59 Å². The summed E-state index contributed by atoms with van der Waals surface area (Å²) in [5.74, 6) is 0.0891. The third-order valence-corrected chi connectivity index (χ3v) is 4.08. The van der Waals surface area contributed by atoms with Crippen molar-refractivity contribution in [3.05, 3.63) is 63.6 Å². The zero-order valence-corrected chi connectivity index (χ0v) is 15.5. The van der Waals surface area contributed by atoms with E-state index in [0.717, 1.165) is 11.3 Å². The van der Waals surface area contributed by atoms with Crippen LogP contribution in [0.4, 0.5) is 0 Å². The largest absolute Gasteiger partial charge is 0.497 e. The summed E-state index contributed by atoms with van der Waals surface area (Å²) in [4.78, 5) is 23.7. The first-order valence-corrected chi connectivity index (χ1v) is 8.44. The van der Waals surface area contributed by atoms with E-state index in [4.69, 9.17) is 27.9 Å². The van der Waals surface area contributed by atoms with E-state index in [1.807, 2.05) is 12.1 Å². The molecule has 2 rings (SSSR count). The summed E-state index contributed by atoms with van der Waals surface area (Å²) in [6.45, 7) is 0.170. The number of benzene rings is 2. The molecule has 2 aromatic rings. The zero-order valence-electron chi connectivity index (χ0n) is 14.0. The molecule has 0 aliphatic rings. The minimum absolute atomic E-state index is 0.0903. The Balaban J connectivity index is 1.73. The van der Waals surface area contributed by atoms with Crippen molar-refractivity contribution in [2.45, 2.75) is 6.42 Å². The highest BCUT2D eigenvalue weighted by atomic mass is 35.5. The molecule has 8 heteroatoms. The quantitative estimate of drug-likeness (QED) is 0.559. The van der Waals surface area contributed by atoms with Crippen LogP contribution in [0.25, 0.3) is 0 Å². The second kappa shape index (κ2) is 9.79. The lowest BCUT2D eigenvalue weighted by Gasteiger charge is -2.05. The van der Waals surface area contributed by atoms with E-state index in [-0.39, 0.29) is 24.8 Å². The predicted molar refractivity (Wildman–Crippen MR) is 102 cm³/mol. The standard InChI is InChI=1S/C18H17Cl2N3O3/c1-26-14-5-2-12(3-6-14)11-22-23-17(24)8-9-21-18(25)13-4-7-15(19)16(20)10-13/h2-7,10-11H,8-9H2,1H3,(H,21,25)(H,23,24). The van der Waals surface area contributed by atoms with Crippen molar-refractivity contribution in [2.75, 3.05) is 13.7 Å². The monoisotopic (exact) mass is 393 g/mol. The van der Waals surface area contributed by atoms with E-state index in [0.29, 0.717) is 15.6 Å². The Kier molecular flexibility index (Phi) is 7.44. The van der Waals surface area contributed by atoms with Gasteiger partial charge in [0.2, 0.25) is 5.91 Å². The van der Waals surface area contributed by atoms with Gasteiger partial charge in [-0.25, -0.2) is 5.43 Å².